The molecule has 0 aromatic carbocycles. The van der Waals surface area contributed by atoms with Gasteiger partial charge in [-0.2, -0.15) is 18.3 Å². The van der Waals surface area contributed by atoms with Gasteiger partial charge in [0.1, 0.15) is 0 Å². The fraction of sp³-hybridized carbons (Fsp3) is 0.727. The lowest BCUT2D eigenvalue weighted by molar-refractivity contribution is -0.142. The Labute approximate surface area is 94.5 Å². The molecular weight excluding hydrogens is 217 g/mol. The van der Waals surface area contributed by atoms with E-state index in [1.54, 1.807) is 27.7 Å². The number of hydrogen-bond donors (Lipinski definition) is 0. The maximum absolute atomic E-state index is 12.6. The van der Waals surface area contributed by atoms with Gasteiger partial charge in [0.25, 0.3) is 0 Å². The standard InChI is InChI=1S/C10H15F3N2.CH4/c1-6(2)8-5-15(7(3)4)14-9(8)10(11,12)13;/h5-7H,1-4H3;1H4. The van der Waals surface area contributed by atoms with Crippen LogP contribution in [0.1, 0.15) is 58.3 Å². The van der Waals surface area contributed by atoms with Crippen molar-refractivity contribution in [3.05, 3.63) is 17.5 Å². The van der Waals surface area contributed by atoms with Gasteiger partial charge in [-0.05, 0) is 19.8 Å². The Morgan fingerprint density at radius 1 is 1.19 bits per heavy atom. The van der Waals surface area contributed by atoms with Crippen LogP contribution in [0, 0.1) is 0 Å². The summed E-state index contributed by atoms with van der Waals surface area (Å²) in [4.78, 5) is 0. The molecule has 0 unspecified atom stereocenters. The number of rotatable bonds is 2. The van der Waals surface area contributed by atoms with Crippen molar-refractivity contribution < 1.29 is 13.2 Å². The summed E-state index contributed by atoms with van der Waals surface area (Å²) in [6, 6.07) is -0.0569. The first kappa shape index (κ1) is 15.0. The zero-order valence-electron chi connectivity index (χ0n) is 9.26. The van der Waals surface area contributed by atoms with Crippen LogP contribution in [0.4, 0.5) is 13.2 Å². The maximum atomic E-state index is 12.6. The van der Waals surface area contributed by atoms with E-state index in [0.29, 0.717) is 0 Å². The molecule has 1 aromatic heterocycles. The van der Waals surface area contributed by atoms with Crippen molar-refractivity contribution >= 4 is 0 Å². The molecule has 1 rings (SSSR count). The van der Waals surface area contributed by atoms with Crippen LogP contribution in [0.5, 0.6) is 0 Å². The van der Waals surface area contributed by atoms with Crippen molar-refractivity contribution in [2.75, 3.05) is 0 Å². The molecule has 0 saturated carbocycles. The Kier molecular flexibility index (Phi) is 4.58. The molecule has 0 N–H and O–H groups in total. The second-order valence-corrected chi connectivity index (χ2v) is 4.16. The summed E-state index contributed by atoms with van der Waals surface area (Å²) >= 11 is 0. The topological polar surface area (TPSA) is 17.8 Å². The lowest BCUT2D eigenvalue weighted by atomic mass is 10.0. The third kappa shape index (κ3) is 3.00. The van der Waals surface area contributed by atoms with Crippen LogP contribution < -0.4 is 0 Å². The highest BCUT2D eigenvalue weighted by Crippen LogP contribution is 2.34. The van der Waals surface area contributed by atoms with Crippen molar-refractivity contribution in [1.82, 2.24) is 9.78 Å². The SMILES string of the molecule is C.CC(C)c1cn(C(C)C)nc1C(F)(F)F. The summed E-state index contributed by atoms with van der Waals surface area (Å²) in [5, 5.41) is 3.59. The minimum Gasteiger partial charge on any atom is -0.269 e. The Morgan fingerprint density at radius 2 is 1.69 bits per heavy atom. The lowest BCUT2D eigenvalue weighted by Crippen LogP contribution is -2.11. The molecule has 5 heteroatoms. The fourth-order valence-electron chi connectivity index (χ4n) is 1.31. The molecule has 0 atom stereocenters. The average molecular weight is 236 g/mol. The van der Waals surface area contributed by atoms with E-state index in [4.69, 9.17) is 0 Å². The first-order chi connectivity index (χ1) is 6.73. The Balaban J connectivity index is 0.00000225. The van der Waals surface area contributed by atoms with Gasteiger partial charge in [-0.15, -0.1) is 0 Å². The van der Waals surface area contributed by atoms with Gasteiger partial charge in [0.05, 0.1) is 0 Å². The van der Waals surface area contributed by atoms with Crippen LogP contribution in [-0.2, 0) is 6.18 Å². The van der Waals surface area contributed by atoms with Gasteiger partial charge < -0.3 is 0 Å². The Bertz CT molecular complexity index is 337. The van der Waals surface area contributed by atoms with Gasteiger partial charge in [-0.3, -0.25) is 4.68 Å². The van der Waals surface area contributed by atoms with E-state index in [0.717, 1.165) is 0 Å². The lowest BCUT2D eigenvalue weighted by Gasteiger charge is -2.07. The molecule has 0 bridgehead atoms. The molecule has 0 fully saturated rings. The van der Waals surface area contributed by atoms with Gasteiger partial charge in [-0.1, -0.05) is 21.3 Å². The molecule has 0 saturated heterocycles. The van der Waals surface area contributed by atoms with E-state index in [1.807, 2.05) is 0 Å². The van der Waals surface area contributed by atoms with Crippen molar-refractivity contribution in [3.8, 4) is 0 Å². The second kappa shape index (κ2) is 4.89. The second-order valence-electron chi connectivity index (χ2n) is 4.16. The van der Waals surface area contributed by atoms with Crippen LogP contribution >= 0.6 is 0 Å². The third-order valence-electron chi connectivity index (χ3n) is 2.18. The molecule has 2 nitrogen and oxygen atoms in total. The number of alkyl halides is 3. The fourth-order valence-corrected chi connectivity index (χ4v) is 1.31. The Hall–Kier alpha value is -1.00. The summed E-state index contributed by atoms with van der Waals surface area (Å²) < 4.78 is 39.2. The van der Waals surface area contributed by atoms with Gasteiger partial charge >= 0.3 is 6.18 Å². The van der Waals surface area contributed by atoms with Gasteiger partial charge in [0, 0.05) is 17.8 Å². The number of nitrogens with zero attached hydrogens (tertiary/aromatic N) is 2. The predicted molar refractivity (Wildman–Crippen MR) is 58.4 cm³/mol. The van der Waals surface area contributed by atoms with Crippen LogP contribution in [0.2, 0.25) is 0 Å². The number of hydrogen-bond acceptors (Lipinski definition) is 1. The highest BCUT2D eigenvalue weighted by Gasteiger charge is 2.37. The van der Waals surface area contributed by atoms with Crippen molar-refractivity contribution in [2.45, 2.75) is 53.3 Å². The molecule has 0 aliphatic rings. The highest BCUT2D eigenvalue weighted by molar-refractivity contribution is 5.23. The smallest absolute Gasteiger partial charge is 0.269 e. The van der Waals surface area contributed by atoms with E-state index in [1.165, 1.54) is 10.9 Å². The third-order valence-corrected chi connectivity index (χ3v) is 2.18. The normalized spacial score (nSPS) is 12.1. The number of aromatic nitrogens is 2. The van der Waals surface area contributed by atoms with Gasteiger partial charge in [-0.25, -0.2) is 0 Å². The maximum Gasteiger partial charge on any atom is 0.435 e. The molecule has 0 aliphatic carbocycles. The van der Waals surface area contributed by atoms with Gasteiger partial charge in [0.15, 0.2) is 5.69 Å². The van der Waals surface area contributed by atoms with Gasteiger partial charge in [0.2, 0.25) is 0 Å². The van der Waals surface area contributed by atoms with Crippen LogP contribution in [0.25, 0.3) is 0 Å². The molecule has 0 amide bonds. The highest BCUT2D eigenvalue weighted by atomic mass is 19.4. The van der Waals surface area contributed by atoms with Crippen molar-refractivity contribution in [1.29, 1.82) is 0 Å². The average Bonchev–Trinajstić information content (AvgIpc) is 2.45. The van der Waals surface area contributed by atoms with Crippen LogP contribution in [0.3, 0.4) is 0 Å². The molecule has 16 heavy (non-hydrogen) atoms. The van der Waals surface area contributed by atoms with E-state index in [2.05, 4.69) is 5.10 Å². The minimum absolute atomic E-state index is 0. The van der Waals surface area contributed by atoms with E-state index in [9.17, 15) is 13.2 Å². The first-order valence-electron chi connectivity index (χ1n) is 4.89. The minimum atomic E-state index is -4.36. The van der Waals surface area contributed by atoms with Crippen LogP contribution in [-0.4, -0.2) is 9.78 Å². The van der Waals surface area contributed by atoms with Crippen LogP contribution in [0.15, 0.2) is 6.20 Å². The molecule has 0 spiro atoms. The molecule has 1 heterocycles. The quantitative estimate of drug-likeness (QED) is 0.750. The summed E-state index contributed by atoms with van der Waals surface area (Å²) in [5.74, 6) is -0.172. The van der Waals surface area contributed by atoms with E-state index in [-0.39, 0.29) is 24.9 Å². The summed E-state index contributed by atoms with van der Waals surface area (Å²) in [6.07, 6.45) is -2.88. The molecule has 94 valence electrons. The molecule has 0 radical (unpaired) electrons. The van der Waals surface area contributed by atoms with Crippen molar-refractivity contribution in [2.24, 2.45) is 0 Å². The van der Waals surface area contributed by atoms with E-state index < -0.39 is 11.9 Å². The summed E-state index contributed by atoms with van der Waals surface area (Å²) in [5.41, 5.74) is -0.498. The monoisotopic (exact) mass is 236 g/mol. The summed E-state index contributed by atoms with van der Waals surface area (Å²) in [7, 11) is 0. The first-order valence-corrected chi connectivity index (χ1v) is 4.89. The van der Waals surface area contributed by atoms with E-state index >= 15 is 0 Å². The largest absolute Gasteiger partial charge is 0.435 e. The van der Waals surface area contributed by atoms with Crippen molar-refractivity contribution in [3.63, 3.8) is 0 Å². The number of halogens is 3. The molecular formula is C11H19F3N2. The zero-order valence-corrected chi connectivity index (χ0v) is 9.26. The molecule has 0 aliphatic heterocycles. The Morgan fingerprint density at radius 3 is 1.94 bits per heavy atom. The summed E-state index contributed by atoms with van der Waals surface area (Å²) in [6.45, 7) is 7.07. The predicted octanol–water partition coefficient (Wildman–Crippen LogP) is 4.24. The zero-order chi connectivity index (χ0) is 11.8. The molecule has 1 aromatic rings.